The third-order valence-corrected chi connectivity index (χ3v) is 4.02. The van der Waals surface area contributed by atoms with Crippen molar-refractivity contribution < 1.29 is 0 Å². The highest BCUT2D eigenvalue weighted by atomic mass is 35.5. The second-order valence-electron chi connectivity index (χ2n) is 5.06. The van der Waals surface area contributed by atoms with E-state index < -0.39 is 0 Å². The first-order valence-corrected chi connectivity index (χ1v) is 7.33. The van der Waals surface area contributed by atoms with Crippen molar-refractivity contribution in [2.75, 3.05) is 0 Å². The molecule has 0 N–H and O–H groups in total. The molecular weight excluding hydrogens is 268 g/mol. The van der Waals surface area contributed by atoms with Crippen molar-refractivity contribution in [1.29, 1.82) is 0 Å². The van der Waals surface area contributed by atoms with Crippen LogP contribution in [0, 0.1) is 6.92 Å². The van der Waals surface area contributed by atoms with Gasteiger partial charge in [0, 0.05) is 0 Å². The molecule has 1 atom stereocenters. The van der Waals surface area contributed by atoms with Gasteiger partial charge in [-0.25, -0.2) is 4.98 Å². The van der Waals surface area contributed by atoms with Crippen LogP contribution in [0.3, 0.4) is 0 Å². The molecule has 2 nitrogen and oxygen atoms in total. The summed E-state index contributed by atoms with van der Waals surface area (Å²) in [6.45, 7) is 4.28. The Hall–Kier alpha value is -1.80. The Morgan fingerprint density at radius 2 is 1.85 bits per heavy atom. The lowest BCUT2D eigenvalue weighted by atomic mass is 10.1. The van der Waals surface area contributed by atoms with Gasteiger partial charge in [0.05, 0.1) is 23.0 Å². The zero-order valence-electron chi connectivity index (χ0n) is 11.7. The molecule has 0 bridgehead atoms. The third kappa shape index (κ3) is 2.10. The Morgan fingerprint density at radius 1 is 1.10 bits per heavy atom. The molecule has 0 aliphatic heterocycles. The molecule has 0 aliphatic rings. The SMILES string of the molecule is Cc1cccc2c1nc(CCl)n2C(C)c1ccccc1. The number of aromatic nitrogens is 2. The van der Waals surface area contributed by atoms with Gasteiger partial charge in [0.25, 0.3) is 0 Å². The second-order valence-corrected chi connectivity index (χ2v) is 5.33. The molecule has 0 saturated heterocycles. The first-order valence-electron chi connectivity index (χ1n) is 6.79. The average Bonchev–Trinajstić information content (AvgIpc) is 2.87. The number of fused-ring (bicyclic) bond motifs is 1. The molecule has 0 saturated carbocycles. The van der Waals surface area contributed by atoms with E-state index in [0.717, 1.165) is 16.9 Å². The highest BCUT2D eigenvalue weighted by Gasteiger charge is 2.17. The number of nitrogens with zero attached hydrogens (tertiary/aromatic N) is 2. The standard InChI is InChI=1S/C17H17ClN2/c1-12-7-6-10-15-17(12)19-16(11-18)20(15)13(2)14-8-4-3-5-9-14/h3-10,13H,11H2,1-2H3. The quantitative estimate of drug-likeness (QED) is 0.638. The van der Waals surface area contributed by atoms with Crippen LogP contribution in [0.4, 0.5) is 0 Å². The Balaban J connectivity index is 2.22. The minimum Gasteiger partial charge on any atom is -0.320 e. The second kappa shape index (κ2) is 5.29. The summed E-state index contributed by atoms with van der Waals surface area (Å²) >= 11 is 6.10. The summed E-state index contributed by atoms with van der Waals surface area (Å²) in [6, 6.07) is 17.0. The fourth-order valence-corrected chi connectivity index (χ4v) is 2.90. The van der Waals surface area contributed by atoms with Gasteiger partial charge in [-0.1, -0.05) is 42.5 Å². The van der Waals surface area contributed by atoms with Gasteiger partial charge in [-0.05, 0) is 31.0 Å². The molecule has 3 aromatic rings. The molecule has 3 rings (SSSR count). The molecule has 0 spiro atoms. The number of benzene rings is 2. The van der Waals surface area contributed by atoms with E-state index in [1.807, 2.05) is 6.07 Å². The Labute approximate surface area is 124 Å². The minimum atomic E-state index is 0.219. The fraction of sp³-hybridized carbons (Fsp3) is 0.235. The summed E-state index contributed by atoms with van der Waals surface area (Å²) in [7, 11) is 0. The molecule has 102 valence electrons. The Bertz CT molecular complexity index is 731. The number of para-hydroxylation sites is 1. The van der Waals surface area contributed by atoms with Crippen LogP contribution in [-0.2, 0) is 5.88 Å². The molecular formula is C17H17ClN2. The predicted molar refractivity (Wildman–Crippen MR) is 84.3 cm³/mol. The first-order chi connectivity index (χ1) is 9.72. The smallest absolute Gasteiger partial charge is 0.125 e. The van der Waals surface area contributed by atoms with Crippen molar-refractivity contribution in [2.24, 2.45) is 0 Å². The van der Waals surface area contributed by atoms with Crippen molar-refractivity contribution in [2.45, 2.75) is 25.8 Å². The Morgan fingerprint density at radius 3 is 2.55 bits per heavy atom. The van der Waals surface area contributed by atoms with Gasteiger partial charge in [-0.3, -0.25) is 0 Å². The number of halogens is 1. The van der Waals surface area contributed by atoms with Crippen molar-refractivity contribution in [1.82, 2.24) is 9.55 Å². The van der Waals surface area contributed by atoms with E-state index in [9.17, 15) is 0 Å². The van der Waals surface area contributed by atoms with E-state index >= 15 is 0 Å². The molecule has 1 aromatic heterocycles. The van der Waals surface area contributed by atoms with E-state index in [2.05, 4.69) is 60.9 Å². The van der Waals surface area contributed by atoms with Gasteiger partial charge in [-0.15, -0.1) is 11.6 Å². The molecule has 0 fully saturated rings. The fourth-order valence-electron chi connectivity index (χ4n) is 2.71. The molecule has 20 heavy (non-hydrogen) atoms. The maximum absolute atomic E-state index is 6.10. The molecule has 0 amide bonds. The van der Waals surface area contributed by atoms with Crippen molar-refractivity contribution in [3.05, 3.63) is 65.5 Å². The number of alkyl halides is 1. The van der Waals surface area contributed by atoms with Crippen LogP contribution < -0.4 is 0 Å². The average molecular weight is 285 g/mol. The van der Waals surface area contributed by atoms with E-state index in [4.69, 9.17) is 16.6 Å². The van der Waals surface area contributed by atoms with Gasteiger partial charge < -0.3 is 4.57 Å². The highest BCUT2D eigenvalue weighted by Crippen LogP contribution is 2.28. The van der Waals surface area contributed by atoms with Crippen LogP contribution in [0.25, 0.3) is 11.0 Å². The monoisotopic (exact) mass is 284 g/mol. The number of hydrogen-bond donors (Lipinski definition) is 0. The molecule has 2 aromatic carbocycles. The van der Waals surface area contributed by atoms with Crippen LogP contribution >= 0.6 is 11.6 Å². The molecule has 0 radical (unpaired) electrons. The predicted octanol–water partition coefficient (Wildman–Crippen LogP) is 4.69. The number of imidazole rings is 1. The summed E-state index contributed by atoms with van der Waals surface area (Å²) < 4.78 is 2.24. The van der Waals surface area contributed by atoms with Crippen LogP contribution in [0.1, 0.15) is 29.9 Å². The molecule has 3 heteroatoms. The zero-order chi connectivity index (χ0) is 14.1. The Kier molecular flexibility index (Phi) is 3.49. The summed E-state index contributed by atoms with van der Waals surface area (Å²) in [4.78, 5) is 4.71. The minimum absolute atomic E-state index is 0.219. The van der Waals surface area contributed by atoms with Crippen LogP contribution in [-0.4, -0.2) is 9.55 Å². The number of rotatable bonds is 3. The van der Waals surface area contributed by atoms with E-state index in [1.165, 1.54) is 11.1 Å². The van der Waals surface area contributed by atoms with Crippen LogP contribution in [0.2, 0.25) is 0 Å². The van der Waals surface area contributed by atoms with Crippen molar-refractivity contribution >= 4 is 22.6 Å². The maximum atomic E-state index is 6.10. The van der Waals surface area contributed by atoms with Gasteiger partial charge in [0.1, 0.15) is 5.82 Å². The van der Waals surface area contributed by atoms with Crippen LogP contribution in [0.15, 0.2) is 48.5 Å². The zero-order valence-corrected chi connectivity index (χ0v) is 12.4. The van der Waals surface area contributed by atoms with Gasteiger partial charge in [-0.2, -0.15) is 0 Å². The molecule has 1 unspecified atom stereocenters. The number of aryl methyl sites for hydroxylation is 1. The first kappa shape index (κ1) is 13.2. The molecule has 1 heterocycles. The van der Waals surface area contributed by atoms with E-state index in [1.54, 1.807) is 0 Å². The van der Waals surface area contributed by atoms with Crippen LogP contribution in [0.5, 0.6) is 0 Å². The summed E-state index contributed by atoms with van der Waals surface area (Å²) in [5.41, 5.74) is 4.65. The van der Waals surface area contributed by atoms with Gasteiger partial charge >= 0.3 is 0 Å². The van der Waals surface area contributed by atoms with Crippen molar-refractivity contribution in [3.63, 3.8) is 0 Å². The normalized spacial score (nSPS) is 12.8. The number of hydrogen-bond acceptors (Lipinski definition) is 1. The summed E-state index contributed by atoms with van der Waals surface area (Å²) in [5, 5.41) is 0. The maximum Gasteiger partial charge on any atom is 0.125 e. The van der Waals surface area contributed by atoms with E-state index in [-0.39, 0.29) is 6.04 Å². The highest BCUT2D eigenvalue weighted by molar-refractivity contribution is 6.16. The van der Waals surface area contributed by atoms with E-state index in [0.29, 0.717) is 5.88 Å². The lowest BCUT2D eigenvalue weighted by Gasteiger charge is -2.17. The third-order valence-electron chi connectivity index (χ3n) is 3.78. The summed E-state index contributed by atoms with van der Waals surface area (Å²) in [5.74, 6) is 1.35. The summed E-state index contributed by atoms with van der Waals surface area (Å²) in [6.07, 6.45) is 0. The topological polar surface area (TPSA) is 17.8 Å². The lowest BCUT2D eigenvalue weighted by Crippen LogP contribution is -2.09. The van der Waals surface area contributed by atoms with Crippen molar-refractivity contribution in [3.8, 4) is 0 Å². The lowest BCUT2D eigenvalue weighted by molar-refractivity contribution is 0.634. The van der Waals surface area contributed by atoms with Gasteiger partial charge in [0.2, 0.25) is 0 Å². The largest absolute Gasteiger partial charge is 0.320 e. The van der Waals surface area contributed by atoms with Gasteiger partial charge in [0.15, 0.2) is 0 Å². The molecule has 0 aliphatic carbocycles.